The van der Waals surface area contributed by atoms with Crippen molar-refractivity contribution in [1.29, 1.82) is 0 Å². The molecule has 3 aromatic rings. The molecule has 3 rings (SSSR count). The van der Waals surface area contributed by atoms with Crippen LogP contribution in [0.2, 0.25) is 0 Å². The van der Waals surface area contributed by atoms with Crippen LogP contribution in [-0.4, -0.2) is 19.6 Å². The van der Waals surface area contributed by atoms with Crippen LogP contribution in [0.15, 0.2) is 66.7 Å². The number of hydrogen-bond donors (Lipinski definition) is 1. The van der Waals surface area contributed by atoms with Crippen LogP contribution in [0.5, 0.6) is 5.75 Å². The Morgan fingerprint density at radius 3 is 2.53 bits per heavy atom. The smallest absolute Gasteiger partial charge is 0.306 e. The van der Waals surface area contributed by atoms with Crippen molar-refractivity contribution in [2.75, 3.05) is 13.7 Å². The van der Waals surface area contributed by atoms with Crippen molar-refractivity contribution in [3.05, 3.63) is 89.2 Å². The molecular weight excluding hydrogens is 381 g/mol. The number of carbonyl (C=O) groups is 1. The predicted molar refractivity (Wildman–Crippen MR) is 116 cm³/mol. The van der Waals surface area contributed by atoms with Crippen LogP contribution in [0.4, 0.5) is 4.39 Å². The maximum Gasteiger partial charge on any atom is 0.306 e. The number of rotatable bonds is 9. The van der Waals surface area contributed by atoms with E-state index in [0.29, 0.717) is 31.0 Å². The summed E-state index contributed by atoms with van der Waals surface area (Å²) in [5.41, 5.74) is 5.05. The summed E-state index contributed by atoms with van der Waals surface area (Å²) < 4.78 is 24.8. The molecule has 1 N–H and O–H groups in total. The molecule has 0 aliphatic heterocycles. The highest BCUT2D eigenvalue weighted by atomic mass is 19.1. The van der Waals surface area contributed by atoms with Crippen molar-refractivity contribution in [3.63, 3.8) is 0 Å². The third-order valence-electron chi connectivity index (χ3n) is 5.00. The van der Waals surface area contributed by atoms with E-state index in [1.165, 1.54) is 13.2 Å². The molecule has 0 aromatic heterocycles. The summed E-state index contributed by atoms with van der Waals surface area (Å²) in [7, 11) is 1.35. The lowest BCUT2D eigenvalue weighted by Gasteiger charge is -2.13. The predicted octanol–water partition coefficient (Wildman–Crippen LogP) is 5.03. The minimum atomic E-state index is -0.340. The summed E-state index contributed by atoms with van der Waals surface area (Å²) in [6, 6.07) is 21.2. The van der Waals surface area contributed by atoms with Gasteiger partial charge in [0.25, 0.3) is 0 Å². The van der Waals surface area contributed by atoms with E-state index in [0.717, 1.165) is 22.3 Å². The molecule has 0 atom stereocenters. The molecule has 0 aliphatic carbocycles. The second kappa shape index (κ2) is 10.6. The van der Waals surface area contributed by atoms with Gasteiger partial charge in [0.05, 0.1) is 13.5 Å². The maximum absolute atomic E-state index is 14.4. The molecule has 0 radical (unpaired) electrons. The first-order valence-electron chi connectivity index (χ1n) is 9.91. The molecule has 0 bridgehead atoms. The Balaban J connectivity index is 1.60. The van der Waals surface area contributed by atoms with E-state index in [4.69, 9.17) is 4.74 Å². The Morgan fingerprint density at radius 2 is 1.80 bits per heavy atom. The van der Waals surface area contributed by atoms with Crippen LogP contribution in [0.3, 0.4) is 0 Å². The summed E-state index contributed by atoms with van der Waals surface area (Å²) in [4.78, 5) is 11.1. The fraction of sp³-hybridized carbons (Fsp3) is 0.240. The van der Waals surface area contributed by atoms with Gasteiger partial charge in [0, 0.05) is 24.7 Å². The fourth-order valence-electron chi connectivity index (χ4n) is 3.21. The van der Waals surface area contributed by atoms with Crippen molar-refractivity contribution in [2.24, 2.45) is 0 Å². The van der Waals surface area contributed by atoms with Gasteiger partial charge in [0.1, 0.15) is 18.2 Å². The van der Waals surface area contributed by atoms with Gasteiger partial charge in [0.2, 0.25) is 0 Å². The van der Waals surface area contributed by atoms with Crippen LogP contribution in [-0.2, 0) is 22.7 Å². The van der Waals surface area contributed by atoms with Crippen molar-refractivity contribution in [3.8, 4) is 16.9 Å². The van der Waals surface area contributed by atoms with Gasteiger partial charge in [-0.3, -0.25) is 4.79 Å². The topological polar surface area (TPSA) is 47.6 Å². The lowest BCUT2D eigenvalue weighted by atomic mass is 9.97. The van der Waals surface area contributed by atoms with Gasteiger partial charge >= 0.3 is 5.97 Å². The van der Waals surface area contributed by atoms with Crippen molar-refractivity contribution in [1.82, 2.24) is 5.32 Å². The monoisotopic (exact) mass is 407 g/mol. The van der Waals surface area contributed by atoms with Gasteiger partial charge < -0.3 is 14.8 Å². The van der Waals surface area contributed by atoms with Gasteiger partial charge in [-0.2, -0.15) is 0 Å². The average Bonchev–Trinajstić information content (AvgIpc) is 2.77. The lowest BCUT2D eigenvalue weighted by Crippen LogP contribution is -2.19. The average molecular weight is 407 g/mol. The van der Waals surface area contributed by atoms with E-state index in [1.54, 1.807) is 12.1 Å². The summed E-state index contributed by atoms with van der Waals surface area (Å²) in [6.07, 6.45) is 0.251. The van der Waals surface area contributed by atoms with E-state index >= 15 is 0 Å². The highest BCUT2D eigenvalue weighted by Crippen LogP contribution is 2.26. The minimum absolute atomic E-state index is 0.251. The Hall–Kier alpha value is -3.18. The molecule has 0 heterocycles. The normalized spacial score (nSPS) is 10.6. The molecule has 0 aliphatic rings. The van der Waals surface area contributed by atoms with Gasteiger partial charge in [-0.05, 0) is 35.2 Å². The molecule has 3 aromatic carbocycles. The van der Waals surface area contributed by atoms with E-state index in [9.17, 15) is 9.18 Å². The number of carbonyl (C=O) groups excluding carboxylic acids is 1. The third kappa shape index (κ3) is 5.67. The van der Waals surface area contributed by atoms with Gasteiger partial charge in [-0.1, -0.05) is 54.6 Å². The lowest BCUT2D eigenvalue weighted by molar-refractivity contribution is -0.140. The molecule has 0 saturated carbocycles. The summed E-state index contributed by atoms with van der Waals surface area (Å²) in [5, 5.41) is 3.03. The van der Waals surface area contributed by atoms with Crippen molar-refractivity contribution in [2.45, 2.75) is 26.5 Å². The minimum Gasteiger partial charge on any atom is -0.489 e. The molecule has 5 heteroatoms. The highest BCUT2D eigenvalue weighted by Gasteiger charge is 2.09. The Morgan fingerprint density at radius 1 is 1.00 bits per heavy atom. The second-order valence-corrected chi connectivity index (χ2v) is 7.00. The summed E-state index contributed by atoms with van der Waals surface area (Å²) in [6.45, 7) is 3.20. The maximum atomic E-state index is 14.4. The van der Waals surface area contributed by atoms with Gasteiger partial charge in [0.15, 0.2) is 0 Å². The zero-order valence-corrected chi connectivity index (χ0v) is 17.3. The van der Waals surface area contributed by atoms with E-state index in [-0.39, 0.29) is 18.2 Å². The number of benzene rings is 3. The molecule has 0 amide bonds. The Bertz CT molecular complexity index is 989. The van der Waals surface area contributed by atoms with E-state index in [2.05, 4.69) is 35.2 Å². The zero-order chi connectivity index (χ0) is 21.3. The number of nitrogens with one attached hydrogen (secondary N) is 1. The first kappa shape index (κ1) is 21.5. The summed E-state index contributed by atoms with van der Waals surface area (Å²) >= 11 is 0. The van der Waals surface area contributed by atoms with Gasteiger partial charge in [-0.25, -0.2) is 4.39 Å². The fourth-order valence-corrected chi connectivity index (χ4v) is 3.21. The van der Waals surface area contributed by atoms with Crippen molar-refractivity contribution >= 4 is 5.97 Å². The first-order valence-corrected chi connectivity index (χ1v) is 9.91. The highest BCUT2D eigenvalue weighted by molar-refractivity contribution is 5.69. The Labute approximate surface area is 176 Å². The number of ether oxygens (including phenoxy) is 2. The molecule has 4 nitrogen and oxygen atoms in total. The summed E-state index contributed by atoms with van der Waals surface area (Å²) in [5.74, 6) is -0.151. The second-order valence-electron chi connectivity index (χ2n) is 7.00. The van der Waals surface area contributed by atoms with E-state index < -0.39 is 0 Å². The molecule has 0 saturated heterocycles. The number of esters is 1. The van der Waals surface area contributed by atoms with Gasteiger partial charge in [-0.15, -0.1) is 0 Å². The van der Waals surface area contributed by atoms with Crippen LogP contribution in [0.1, 0.15) is 23.1 Å². The largest absolute Gasteiger partial charge is 0.489 e. The zero-order valence-electron chi connectivity index (χ0n) is 17.3. The molecule has 0 fully saturated rings. The van der Waals surface area contributed by atoms with Crippen molar-refractivity contribution < 1.29 is 18.7 Å². The standard InChI is InChI=1S/C25H26FNO3/c1-18-21(9-6-10-23(18)19-7-4-3-5-8-19)17-30-22-12-11-20(24(26)15-22)16-27-14-13-25(28)29-2/h3-12,15,27H,13-14,16-17H2,1-2H3. The number of hydrogen-bond acceptors (Lipinski definition) is 4. The number of methoxy groups -OCH3 is 1. The first-order chi connectivity index (χ1) is 14.6. The third-order valence-corrected chi connectivity index (χ3v) is 5.00. The molecule has 30 heavy (non-hydrogen) atoms. The molecule has 156 valence electrons. The van der Waals surface area contributed by atoms with Crippen LogP contribution in [0, 0.1) is 12.7 Å². The molecular formula is C25H26FNO3. The quantitative estimate of drug-likeness (QED) is 0.399. The van der Waals surface area contributed by atoms with Crippen LogP contribution < -0.4 is 10.1 Å². The number of halogens is 1. The van der Waals surface area contributed by atoms with E-state index in [1.807, 2.05) is 30.3 Å². The van der Waals surface area contributed by atoms with Crippen LogP contribution >= 0.6 is 0 Å². The Kier molecular flexibility index (Phi) is 7.57. The molecule has 0 spiro atoms. The van der Waals surface area contributed by atoms with Crippen LogP contribution in [0.25, 0.3) is 11.1 Å². The SMILES string of the molecule is COC(=O)CCNCc1ccc(OCc2cccc(-c3ccccc3)c2C)cc1F. The molecule has 0 unspecified atom stereocenters.